The van der Waals surface area contributed by atoms with E-state index in [1.807, 2.05) is 30.3 Å². The first-order valence-corrected chi connectivity index (χ1v) is 9.81. The summed E-state index contributed by atoms with van der Waals surface area (Å²) >= 11 is 3.21. The molecule has 0 heterocycles. The number of hydrogen-bond acceptors (Lipinski definition) is 4. The van der Waals surface area contributed by atoms with Crippen molar-refractivity contribution in [3.05, 3.63) is 69.9 Å². The second-order valence-corrected chi connectivity index (χ2v) is 7.11. The van der Waals surface area contributed by atoms with Gasteiger partial charge in [0, 0.05) is 30.5 Å². The van der Waals surface area contributed by atoms with Gasteiger partial charge in [-0.15, -0.1) is 0 Å². The first-order chi connectivity index (χ1) is 13.9. The van der Waals surface area contributed by atoms with Crippen LogP contribution in [0.25, 0.3) is 0 Å². The van der Waals surface area contributed by atoms with E-state index in [4.69, 9.17) is 0 Å². The molecule has 0 fully saturated rings. The highest BCUT2D eigenvalue weighted by atomic mass is 79.9. The second kappa shape index (κ2) is 11.3. The number of carbonyl (C=O) groups excluding carboxylic acids is 3. The fourth-order valence-corrected chi connectivity index (χ4v) is 3.06. The summed E-state index contributed by atoms with van der Waals surface area (Å²) in [6.07, 6.45) is 0.129. The fourth-order valence-electron chi connectivity index (χ4n) is 2.63. The second-order valence-electron chi connectivity index (χ2n) is 6.26. The van der Waals surface area contributed by atoms with Crippen molar-refractivity contribution in [2.24, 2.45) is 0 Å². The number of rotatable bonds is 9. The largest absolute Gasteiger partial charge is 0.469 e. The number of benzene rings is 2. The van der Waals surface area contributed by atoms with Crippen molar-refractivity contribution in [1.29, 1.82) is 0 Å². The van der Waals surface area contributed by atoms with Crippen molar-refractivity contribution in [3.8, 4) is 0 Å². The minimum atomic E-state index is -0.522. The van der Waals surface area contributed by atoms with E-state index in [1.165, 1.54) is 19.2 Å². The molecule has 0 atom stereocenters. The molecule has 0 bridgehead atoms. The molecule has 0 radical (unpaired) electrons. The third kappa shape index (κ3) is 7.30. The van der Waals surface area contributed by atoms with Crippen LogP contribution >= 0.6 is 15.9 Å². The molecule has 0 aliphatic heterocycles. The summed E-state index contributed by atoms with van der Waals surface area (Å²) in [4.78, 5) is 37.9. The van der Waals surface area contributed by atoms with Crippen LogP contribution in [-0.4, -0.2) is 42.9 Å². The van der Waals surface area contributed by atoms with Crippen LogP contribution in [0.3, 0.4) is 0 Å². The van der Waals surface area contributed by atoms with Crippen LogP contribution in [0.5, 0.6) is 0 Å². The summed E-state index contributed by atoms with van der Waals surface area (Å²) in [7, 11) is 1.30. The monoisotopic (exact) mass is 464 g/mol. The van der Waals surface area contributed by atoms with Gasteiger partial charge in [-0.2, -0.15) is 0 Å². The molecule has 0 saturated carbocycles. The highest BCUT2D eigenvalue weighted by Gasteiger charge is 2.17. The summed E-state index contributed by atoms with van der Waals surface area (Å²) in [6, 6.07) is 13.2. The lowest BCUT2D eigenvalue weighted by atomic mass is 10.2. The number of halogens is 2. The van der Waals surface area contributed by atoms with Gasteiger partial charge in [0.1, 0.15) is 5.82 Å². The van der Waals surface area contributed by atoms with Crippen LogP contribution in [0.15, 0.2) is 53.0 Å². The molecular weight excluding hydrogens is 443 g/mol. The van der Waals surface area contributed by atoms with Crippen molar-refractivity contribution in [2.75, 3.05) is 20.2 Å². The molecule has 0 spiro atoms. The van der Waals surface area contributed by atoms with E-state index in [9.17, 15) is 18.8 Å². The molecule has 8 heteroatoms. The molecule has 154 valence electrons. The van der Waals surface area contributed by atoms with Crippen LogP contribution in [0.4, 0.5) is 4.39 Å². The van der Waals surface area contributed by atoms with Crippen LogP contribution < -0.4 is 5.32 Å². The number of nitrogens with zero attached hydrogens (tertiary/aromatic N) is 1. The van der Waals surface area contributed by atoms with E-state index in [-0.39, 0.29) is 37.4 Å². The van der Waals surface area contributed by atoms with Crippen molar-refractivity contribution in [1.82, 2.24) is 10.2 Å². The minimum absolute atomic E-state index is 0.0483. The Bertz CT molecular complexity index is 861. The number of ether oxygens (including phenoxy) is 1. The number of amides is 2. The molecule has 0 aliphatic carbocycles. The topological polar surface area (TPSA) is 75.7 Å². The summed E-state index contributed by atoms with van der Waals surface area (Å²) in [5, 5.41) is 2.62. The third-order valence-electron chi connectivity index (χ3n) is 4.18. The van der Waals surface area contributed by atoms with Crippen LogP contribution in [0.2, 0.25) is 0 Å². The zero-order valence-corrected chi connectivity index (χ0v) is 17.6. The molecular formula is C21H22BrFN2O4. The van der Waals surface area contributed by atoms with Crippen molar-refractivity contribution in [3.63, 3.8) is 0 Å². The highest BCUT2D eigenvalue weighted by Crippen LogP contribution is 2.17. The Kier molecular flexibility index (Phi) is 8.79. The predicted octanol–water partition coefficient (Wildman–Crippen LogP) is 3.30. The van der Waals surface area contributed by atoms with Crippen molar-refractivity contribution < 1.29 is 23.5 Å². The van der Waals surface area contributed by atoms with E-state index < -0.39 is 17.7 Å². The van der Waals surface area contributed by atoms with Gasteiger partial charge in [0.05, 0.1) is 19.1 Å². The average Bonchev–Trinajstić information content (AvgIpc) is 2.73. The molecule has 29 heavy (non-hydrogen) atoms. The summed E-state index contributed by atoms with van der Waals surface area (Å²) in [5.74, 6) is -1.61. The van der Waals surface area contributed by atoms with Gasteiger partial charge in [0.15, 0.2) is 0 Å². The Morgan fingerprint density at radius 1 is 1.10 bits per heavy atom. The summed E-state index contributed by atoms with van der Waals surface area (Å²) < 4.78 is 18.5. The molecule has 2 rings (SSSR count). The van der Waals surface area contributed by atoms with E-state index in [0.29, 0.717) is 11.0 Å². The van der Waals surface area contributed by atoms with E-state index in [2.05, 4.69) is 26.0 Å². The molecule has 2 aromatic carbocycles. The van der Waals surface area contributed by atoms with Gasteiger partial charge in [-0.3, -0.25) is 14.4 Å². The zero-order valence-electron chi connectivity index (χ0n) is 16.0. The van der Waals surface area contributed by atoms with E-state index in [1.54, 1.807) is 4.90 Å². The Morgan fingerprint density at radius 3 is 2.52 bits per heavy atom. The lowest BCUT2D eigenvalue weighted by Gasteiger charge is -2.22. The number of nitrogens with one attached hydrogen (secondary N) is 1. The van der Waals surface area contributed by atoms with E-state index >= 15 is 0 Å². The standard InChI is InChI=1S/C21H22BrFN2O4/c1-29-20(27)10-12-25(14-15-5-3-2-4-6-15)19(26)9-11-24-21(28)17-13-16(23)7-8-18(17)22/h2-8,13H,9-12,14H2,1H3,(H,24,28). The Balaban J connectivity index is 1.94. The first-order valence-electron chi connectivity index (χ1n) is 9.02. The van der Waals surface area contributed by atoms with Gasteiger partial charge < -0.3 is 15.0 Å². The molecule has 6 nitrogen and oxygen atoms in total. The maximum atomic E-state index is 13.4. The molecule has 0 unspecified atom stereocenters. The molecule has 0 aliphatic rings. The first kappa shape index (κ1) is 22.5. The Labute approximate surface area is 177 Å². The minimum Gasteiger partial charge on any atom is -0.469 e. The van der Waals surface area contributed by atoms with Gasteiger partial charge in [-0.05, 0) is 39.7 Å². The lowest BCUT2D eigenvalue weighted by molar-refractivity contribution is -0.141. The maximum Gasteiger partial charge on any atom is 0.307 e. The fraction of sp³-hybridized carbons (Fsp3) is 0.286. The molecule has 2 amide bonds. The summed E-state index contributed by atoms with van der Waals surface area (Å²) in [6.45, 7) is 0.647. The van der Waals surface area contributed by atoms with Gasteiger partial charge >= 0.3 is 5.97 Å². The zero-order chi connectivity index (χ0) is 21.2. The van der Waals surface area contributed by atoms with Gasteiger partial charge in [-0.25, -0.2) is 4.39 Å². The normalized spacial score (nSPS) is 10.3. The average molecular weight is 465 g/mol. The van der Waals surface area contributed by atoms with Crippen LogP contribution in [0, 0.1) is 5.82 Å². The molecule has 0 saturated heterocycles. The number of hydrogen-bond donors (Lipinski definition) is 1. The summed E-state index contributed by atoms with van der Waals surface area (Å²) in [5.41, 5.74) is 1.09. The Morgan fingerprint density at radius 2 is 1.83 bits per heavy atom. The molecule has 2 aromatic rings. The number of carbonyl (C=O) groups is 3. The van der Waals surface area contributed by atoms with Gasteiger partial charge in [0.25, 0.3) is 5.91 Å². The van der Waals surface area contributed by atoms with E-state index in [0.717, 1.165) is 11.6 Å². The quantitative estimate of drug-likeness (QED) is 0.577. The number of esters is 1. The van der Waals surface area contributed by atoms with Crippen LogP contribution in [-0.2, 0) is 20.9 Å². The van der Waals surface area contributed by atoms with Crippen molar-refractivity contribution in [2.45, 2.75) is 19.4 Å². The maximum absolute atomic E-state index is 13.4. The smallest absolute Gasteiger partial charge is 0.307 e. The highest BCUT2D eigenvalue weighted by molar-refractivity contribution is 9.10. The lowest BCUT2D eigenvalue weighted by Crippen LogP contribution is -2.35. The number of methoxy groups -OCH3 is 1. The SMILES string of the molecule is COC(=O)CCN(Cc1ccccc1)C(=O)CCNC(=O)c1cc(F)ccc1Br. The molecule has 0 aromatic heterocycles. The van der Waals surface area contributed by atoms with Crippen LogP contribution in [0.1, 0.15) is 28.8 Å². The van der Waals surface area contributed by atoms with Gasteiger partial charge in [0.2, 0.25) is 5.91 Å². The third-order valence-corrected chi connectivity index (χ3v) is 4.87. The van der Waals surface area contributed by atoms with Crippen molar-refractivity contribution >= 4 is 33.7 Å². The Hall–Kier alpha value is -2.74. The molecule has 1 N–H and O–H groups in total. The predicted molar refractivity (Wildman–Crippen MR) is 110 cm³/mol. The van der Waals surface area contributed by atoms with Gasteiger partial charge in [-0.1, -0.05) is 30.3 Å².